The van der Waals surface area contributed by atoms with Gasteiger partial charge in [-0.25, -0.2) is 4.39 Å². The van der Waals surface area contributed by atoms with Gasteiger partial charge in [-0.1, -0.05) is 17.8 Å². The highest BCUT2D eigenvalue weighted by molar-refractivity contribution is 5.76. The maximum absolute atomic E-state index is 12.8. The Bertz CT molecular complexity index is 709. The summed E-state index contributed by atoms with van der Waals surface area (Å²) in [6.45, 7) is 5.17. The van der Waals surface area contributed by atoms with E-state index < -0.39 is 0 Å². The van der Waals surface area contributed by atoms with Gasteiger partial charge in [0.1, 0.15) is 5.82 Å². The molecule has 1 aromatic carbocycles. The second kappa shape index (κ2) is 9.48. The minimum Gasteiger partial charge on any atom is -0.515 e. The Labute approximate surface area is 145 Å². The number of rotatable bonds is 4. The van der Waals surface area contributed by atoms with E-state index in [4.69, 9.17) is 9.63 Å². The molecule has 0 spiro atoms. The highest BCUT2D eigenvalue weighted by Gasteiger charge is 2.21. The van der Waals surface area contributed by atoms with E-state index in [1.54, 1.807) is 12.1 Å². The van der Waals surface area contributed by atoms with Crippen molar-refractivity contribution in [2.75, 3.05) is 13.1 Å². The number of aromatic nitrogens is 2. The topological polar surface area (TPSA) is 88.2 Å². The number of carbonyl (C=O) groups is 1. The molecule has 7 heteroatoms. The number of carbonyl (C=O) groups excluding carboxylic acids is 1. The lowest BCUT2D eigenvalue weighted by molar-refractivity contribution is -0.104. The first-order chi connectivity index (χ1) is 12.2. The molecule has 1 aliphatic heterocycles. The molecule has 2 N–H and O–H groups in total. The molecular formula is C18H20FN3O3. The first-order valence-corrected chi connectivity index (χ1v) is 7.90. The maximum atomic E-state index is 12.8. The van der Waals surface area contributed by atoms with Crippen LogP contribution in [0.25, 0.3) is 11.4 Å². The fraction of sp³-hybridized carbons (Fsp3) is 0.278. The molecule has 2 aromatic rings. The number of benzene rings is 1. The van der Waals surface area contributed by atoms with E-state index in [9.17, 15) is 9.18 Å². The third-order valence-electron chi connectivity index (χ3n) is 3.71. The number of halogens is 1. The molecule has 132 valence electrons. The van der Waals surface area contributed by atoms with Gasteiger partial charge in [-0.3, -0.25) is 4.79 Å². The molecule has 3 rings (SSSR count). The standard InChI is InChI=1S/C13H14FN3O.C5H6O2/c14-11-5-3-9(4-6-11)12-16-13(18-17-12)10-2-1-7-15-8-10;1-2-5(3-6)4-7/h3-6,10,15H,1-2,7-8H2;2-4,6H,1H2/b;5-3+/t10-;/m0./s1. The van der Waals surface area contributed by atoms with Crippen molar-refractivity contribution in [1.82, 2.24) is 15.5 Å². The van der Waals surface area contributed by atoms with E-state index in [1.807, 2.05) is 0 Å². The highest BCUT2D eigenvalue weighted by atomic mass is 19.1. The van der Waals surface area contributed by atoms with E-state index in [0.717, 1.165) is 31.5 Å². The van der Waals surface area contributed by atoms with Crippen molar-refractivity contribution < 1.29 is 18.8 Å². The summed E-state index contributed by atoms with van der Waals surface area (Å²) in [7, 11) is 0. The van der Waals surface area contributed by atoms with Crippen LogP contribution in [0.5, 0.6) is 0 Å². The molecule has 1 atom stereocenters. The Hall–Kier alpha value is -2.80. The number of nitrogens with one attached hydrogen (secondary N) is 1. The minimum atomic E-state index is -0.265. The lowest BCUT2D eigenvalue weighted by Crippen LogP contribution is -2.28. The van der Waals surface area contributed by atoms with Crippen LogP contribution in [0.15, 0.2) is 53.3 Å². The average molecular weight is 345 g/mol. The normalized spacial score (nSPS) is 17.3. The molecule has 1 fully saturated rings. The van der Waals surface area contributed by atoms with Crippen molar-refractivity contribution in [2.24, 2.45) is 0 Å². The van der Waals surface area contributed by atoms with E-state index in [-0.39, 0.29) is 11.4 Å². The van der Waals surface area contributed by atoms with Gasteiger partial charge < -0.3 is 14.9 Å². The number of nitrogens with zero attached hydrogens (tertiary/aromatic N) is 2. The van der Waals surface area contributed by atoms with Crippen LogP contribution < -0.4 is 5.32 Å². The van der Waals surface area contributed by atoms with Gasteiger partial charge in [0.25, 0.3) is 0 Å². The SMILES string of the molecule is C=C/C(C=O)=C\O.Fc1ccc(-c2noc([C@H]3CCCNC3)n2)cc1. The lowest BCUT2D eigenvalue weighted by Gasteiger charge is -2.18. The number of aliphatic hydroxyl groups is 1. The maximum Gasteiger partial charge on any atom is 0.231 e. The number of aldehydes is 1. The van der Waals surface area contributed by atoms with E-state index in [0.29, 0.717) is 30.2 Å². The van der Waals surface area contributed by atoms with Crippen molar-refractivity contribution >= 4 is 6.29 Å². The summed E-state index contributed by atoms with van der Waals surface area (Å²) in [6.07, 6.45) is 4.69. The first kappa shape index (κ1) is 18.5. The predicted molar refractivity (Wildman–Crippen MR) is 91.5 cm³/mol. The summed E-state index contributed by atoms with van der Waals surface area (Å²) >= 11 is 0. The zero-order valence-corrected chi connectivity index (χ0v) is 13.7. The number of hydrogen-bond donors (Lipinski definition) is 2. The molecule has 6 nitrogen and oxygen atoms in total. The van der Waals surface area contributed by atoms with Crippen LogP contribution in [-0.4, -0.2) is 34.6 Å². The van der Waals surface area contributed by atoms with Gasteiger partial charge in [-0.15, -0.1) is 0 Å². The van der Waals surface area contributed by atoms with Crippen molar-refractivity contribution in [3.63, 3.8) is 0 Å². The number of aliphatic hydroxyl groups excluding tert-OH is 1. The molecule has 1 saturated heterocycles. The van der Waals surface area contributed by atoms with Crippen LogP contribution in [0.1, 0.15) is 24.7 Å². The van der Waals surface area contributed by atoms with Crippen LogP contribution in [0.2, 0.25) is 0 Å². The summed E-state index contributed by atoms with van der Waals surface area (Å²) in [5.41, 5.74) is 0.968. The molecule has 2 heterocycles. The summed E-state index contributed by atoms with van der Waals surface area (Å²) in [5.74, 6) is 1.22. The van der Waals surface area contributed by atoms with Gasteiger partial charge in [-0.05, 0) is 43.7 Å². The van der Waals surface area contributed by atoms with Crippen molar-refractivity contribution in [2.45, 2.75) is 18.8 Å². The molecule has 25 heavy (non-hydrogen) atoms. The molecule has 1 aromatic heterocycles. The third kappa shape index (κ3) is 5.36. The Balaban J connectivity index is 0.000000277. The molecule has 0 radical (unpaired) electrons. The minimum absolute atomic E-state index is 0.194. The number of piperidine rings is 1. The smallest absolute Gasteiger partial charge is 0.231 e. The predicted octanol–water partition coefficient (Wildman–Crippen LogP) is 3.16. The average Bonchev–Trinajstić information content (AvgIpc) is 3.15. The molecular weight excluding hydrogens is 325 g/mol. The van der Waals surface area contributed by atoms with Gasteiger partial charge in [0.15, 0.2) is 6.29 Å². The molecule has 0 amide bonds. The van der Waals surface area contributed by atoms with Gasteiger partial charge in [0.05, 0.1) is 12.2 Å². The zero-order valence-electron chi connectivity index (χ0n) is 13.7. The quantitative estimate of drug-likeness (QED) is 0.383. The van der Waals surface area contributed by atoms with Crippen molar-refractivity contribution in [1.29, 1.82) is 0 Å². The Kier molecular flexibility index (Phi) is 7.03. The molecule has 0 saturated carbocycles. The second-order valence-electron chi connectivity index (χ2n) is 5.46. The summed E-state index contributed by atoms with van der Waals surface area (Å²) in [4.78, 5) is 14.1. The Morgan fingerprint density at radius 1 is 1.40 bits per heavy atom. The summed E-state index contributed by atoms with van der Waals surface area (Å²) < 4.78 is 18.1. The van der Waals surface area contributed by atoms with Gasteiger partial charge >= 0.3 is 0 Å². The van der Waals surface area contributed by atoms with E-state index in [1.165, 1.54) is 18.2 Å². The largest absolute Gasteiger partial charge is 0.515 e. The fourth-order valence-electron chi connectivity index (χ4n) is 2.31. The monoisotopic (exact) mass is 345 g/mol. The van der Waals surface area contributed by atoms with Crippen LogP contribution in [-0.2, 0) is 4.79 Å². The van der Waals surface area contributed by atoms with Crippen LogP contribution in [0, 0.1) is 5.82 Å². The molecule has 0 bridgehead atoms. The number of allylic oxidation sites excluding steroid dienone is 2. The van der Waals surface area contributed by atoms with Crippen LogP contribution in [0.4, 0.5) is 4.39 Å². The third-order valence-corrected chi connectivity index (χ3v) is 3.71. The van der Waals surface area contributed by atoms with E-state index in [2.05, 4.69) is 22.0 Å². The first-order valence-electron chi connectivity index (χ1n) is 7.90. The molecule has 0 aliphatic carbocycles. The summed E-state index contributed by atoms with van der Waals surface area (Å²) in [5, 5.41) is 15.3. The van der Waals surface area contributed by atoms with Crippen molar-refractivity contribution in [3.05, 3.63) is 60.5 Å². The lowest BCUT2D eigenvalue weighted by atomic mass is 10.00. The zero-order chi connectivity index (χ0) is 18.1. The van der Waals surface area contributed by atoms with Crippen molar-refractivity contribution in [3.8, 4) is 11.4 Å². The highest BCUT2D eigenvalue weighted by Crippen LogP contribution is 2.24. The Morgan fingerprint density at radius 3 is 2.68 bits per heavy atom. The van der Waals surface area contributed by atoms with Crippen LogP contribution in [0.3, 0.4) is 0 Å². The fourth-order valence-corrected chi connectivity index (χ4v) is 2.31. The van der Waals surface area contributed by atoms with Gasteiger partial charge in [-0.2, -0.15) is 4.98 Å². The second-order valence-corrected chi connectivity index (χ2v) is 5.46. The van der Waals surface area contributed by atoms with E-state index >= 15 is 0 Å². The van der Waals surface area contributed by atoms with Gasteiger partial charge in [0.2, 0.25) is 11.7 Å². The molecule has 0 unspecified atom stereocenters. The number of hydrogen-bond acceptors (Lipinski definition) is 6. The molecule has 1 aliphatic rings. The summed E-state index contributed by atoms with van der Waals surface area (Å²) in [6, 6.07) is 6.10. The Morgan fingerprint density at radius 2 is 2.16 bits per heavy atom. The van der Waals surface area contributed by atoms with Gasteiger partial charge in [0, 0.05) is 17.7 Å². The van der Waals surface area contributed by atoms with Crippen LogP contribution >= 0.6 is 0 Å².